The second-order valence-electron chi connectivity index (χ2n) is 18.3. The minimum atomic E-state index is -1.03. The summed E-state index contributed by atoms with van der Waals surface area (Å²) in [5, 5.41) is 24.0. The zero-order chi connectivity index (χ0) is 33.7. The maximum atomic E-state index is 14.7. The van der Waals surface area contributed by atoms with Gasteiger partial charge in [0.25, 0.3) is 0 Å². The minimum Gasteiger partial charge on any atom is -0.480 e. The van der Waals surface area contributed by atoms with Gasteiger partial charge in [0.15, 0.2) is 5.78 Å². The number of carbonyl (C=O) groups excluding carboxylic acids is 2. The Labute approximate surface area is 276 Å². The molecule has 5 aliphatic carbocycles. The van der Waals surface area contributed by atoms with Crippen molar-refractivity contribution >= 4 is 17.7 Å². The fraction of sp³-hybridized carbons (Fsp3) is 0.725. The van der Waals surface area contributed by atoms with Crippen LogP contribution in [-0.2, 0) is 20.8 Å². The van der Waals surface area contributed by atoms with E-state index >= 15 is 0 Å². The molecule has 0 spiro atoms. The van der Waals surface area contributed by atoms with Crippen molar-refractivity contribution < 1.29 is 24.6 Å². The molecule has 252 valence electrons. The third-order valence-corrected chi connectivity index (χ3v) is 15.1. The Morgan fingerprint density at radius 3 is 2.24 bits per heavy atom. The van der Waals surface area contributed by atoms with Crippen LogP contribution in [0.3, 0.4) is 0 Å². The van der Waals surface area contributed by atoms with Crippen molar-refractivity contribution in [1.82, 2.24) is 5.32 Å². The van der Waals surface area contributed by atoms with Gasteiger partial charge >= 0.3 is 5.97 Å². The Bertz CT molecular complexity index is 1450. The van der Waals surface area contributed by atoms with Crippen molar-refractivity contribution in [2.45, 2.75) is 125 Å². The fourth-order valence-electron chi connectivity index (χ4n) is 12.7. The average molecular weight is 632 g/mol. The number of fused-ring (bicyclic) bond motifs is 7. The highest BCUT2D eigenvalue weighted by Gasteiger charge is 2.70. The van der Waals surface area contributed by atoms with Gasteiger partial charge in [-0.25, -0.2) is 4.79 Å². The van der Waals surface area contributed by atoms with Gasteiger partial charge in [-0.15, -0.1) is 0 Å². The smallest absolute Gasteiger partial charge is 0.326 e. The van der Waals surface area contributed by atoms with Crippen LogP contribution in [0.5, 0.6) is 0 Å². The summed E-state index contributed by atoms with van der Waals surface area (Å²) in [6.07, 6.45) is 8.73. The molecule has 4 fully saturated rings. The van der Waals surface area contributed by atoms with E-state index in [0.29, 0.717) is 24.7 Å². The number of nitrogens with one attached hydrogen (secondary N) is 1. The second kappa shape index (κ2) is 10.8. The third kappa shape index (κ3) is 4.70. The number of hydrogen-bond acceptors (Lipinski definition) is 4. The molecule has 1 unspecified atom stereocenters. The van der Waals surface area contributed by atoms with Gasteiger partial charge in [0.05, 0.1) is 6.10 Å². The number of carbonyl (C=O) groups is 3. The number of allylic oxidation sites excluding steroid dienone is 2. The Kier molecular flexibility index (Phi) is 7.83. The van der Waals surface area contributed by atoms with Crippen LogP contribution in [0.25, 0.3) is 0 Å². The summed E-state index contributed by atoms with van der Waals surface area (Å²) >= 11 is 0. The van der Waals surface area contributed by atoms with Crippen molar-refractivity contribution in [3.05, 3.63) is 47.5 Å². The van der Waals surface area contributed by atoms with Crippen molar-refractivity contribution in [2.75, 3.05) is 0 Å². The largest absolute Gasteiger partial charge is 0.480 e. The molecule has 1 aromatic rings. The standard InChI is InChI=1S/C40H57NO5/c1-24-22-37(5)19-18-36(4,34(46)41-27(33(44)45)20-25-12-10-9-11-13-25)23-40(37,8)26-21-28(42)32-38(6)17-15-30(43)35(2,3)29(38)14-16-39(32,7)31(24)26/h9-13,21,24,27,29-32,43H,14-20,22-23H2,1-8H3,(H,41,46)(H,44,45)/t24-,27-,29+,30+,31?,32-,36+,37+,38-,39+,40+/m1/s1. The summed E-state index contributed by atoms with van der Waals surface area (Å²) in [4.78, 5) is 41.1. The zero-order valence-electron chi connectivity index (χ0n) is 29.4. The topological polar surface area (TPSA) is 104 Å². The highest BCUT2D eigenvalue weighted by atomic mass is 16.4. The molecule has 0 saturated heterocycles. The molecule has 1 aromatic carbocycles. The van der Waals surface area contributed by atoms with Gasteiger partial charge < -0.3 is 15.5 Å². The zero-order valence-corrected chi connectivity index (χ0v) is 29.4. The molecule has 0 aliphatic heterocycles. The third-order valence-electron chi connectivity index (χ3n) is 15.1. The summed E-state index contributed by atoms with van der Waals surface area (Å²) < 4.78 is 0. The van der Waals surface area contributed by atoms with Crippen molar-refractivity contribution in [1.29, 1.82) is 0 Å². The molecule has 0 aromatic heterocycles. The molecule has 0 heterocycles. The number of carboxylic acid groups (broad SMARTS) is 1. The predicted molar refractivity (Wildman–Crippen MR) is 180 cm³/mol. The Hall–Kier alpha value is -2.47. The van der Waals surface area contributed by atoms with E-state index in [4.69, 9.17) is 0 Å². The first-order chi connectivity index (χ1) is 21.3. The van der Waals surface area contributed by atoms with E-state index in [1.807, 2.05) is 43.3 Å². The van der Waals surface area contributed by atoms with Crippen LogP contribution in [0.4, 0.5) is 0 Å². The van der Waals surface area contributed by atoms with E-state index in [0.717, 1.165) is 44.1 Å². The van der Waals surface area contributed by atoms with Crippen LogP contribution in [-0.4, -0.2) is 40.0 Å². The number of aliphatic hydroxyl groups is 1. The molecular weight excluding hydrogens is 574 g/mol. The molecule has 5 aliphatic rings. The van der Waals surface area contributed by atoms with E-state index in [2.05, 4.69) is 53.8 Å². The lowest BCUT2D eigenvalue weighted by atomic mass is 9.33. The number of amides is 1. The number of rotatable bonds is 5. The van der Waals surface area contributed by atoms with Crippen molar-refractivity contribution in [3.63, 3.8) is 0 Å². The molecule has 3 N–H and O–H groups in total. The molecule has 1 amide bonds. The quantitative estimate of drug-likeness (QED) is 0.315. The van der Waals surface area contributed by atoms with E-state index < -0.39 is 17.4 Å². The van der Waals surface area contributed by atoms with Crippen molar-refractivity contribution in [2.24, 2.45) is 56.2 Å². The number of hydrogen-bond donors (Lipinski definition) is 3. The normalized spacial score (nSPS) is 45.2. The van der Waals surface area contributed by atoms with Gasteiger partial charge in [0.1, 0.15) is 6.04 Å². The summed E-state index contributed by atoms with van der Waals surface area (Å²) in [7, 11) is 0. The molecule has 6 rings (SSSR count). The number of ketones is 1. The molecule has 6 heteroatoms. The van der Waals surface area contributed by atoms with Gasteiger partial charge in [0.2, 0.25) is 5.91 Å². The number of carboxylic acids is 1. The van der Waals surface area contributed by atoms with E-state index in [-0.39, 0.29) is 63.1 Å². The Morgan fingerprint density at radius 1 is 0.935 bits per heavy atom. The lowest BCUT2D eigenvalue weighted by molar-refractivity contribution is -0.197. The molecule has 11 atom stereocenters. The van der Waals surface area contributed by atoms with Crippen LogP contribution in [0.15, 0.2) is 42.0 Å². The van der Waals surface area contributed by atoms with Crippen LogP contribution < -0.4 is 5.32 Å². The van der Waals surface area contributed by atoms with Gasteiger partial charge in [-0.05, 0) is 108 Å². The molecule has 46 heavy (non-hydrogen) atoms. The lowest BCUT2D eigenvalue weighted by Gasteiger charge is -2.70. The van der Waals surface area contributed by atoms with Crippen LogP contribution >= 0.6 is 0 Å². The monoisotopic (exact) mass is 631 g/mol. The Morgan fingerprint density at radius 2 is 1.59 bits per heavy atom. The summed E-state index contributed by atoms with van der Waals surface area (Å²) in [6, 6.07) is 8.45. The van der Waals surface area contributed by atoms with E-state index in [1.54, 1.807) is 0 Å². The van der Waals surface area contributed by atoms with E-state index in [9.17, 15) is 24.6 Å². The van der Waals surface area contributed by atoms with Gasteiger partial charge in [-0.2, -0.15) is 0 Å². The summed E-state index contributed by atoms with van der Waals surface area (Å²) in [5.74, 6) is -0.110. The maximum absolute atomic E-state index is 14.7. The first-order valence-electron chi connectivity index (χ1n) is 17.8. The van der Waals surface area contributed by atoms with Gasteiger partial charge in [0, 0.05) is 17.8 Å². The molecule has 0 radical (unpaired) electrons. The van der Waals surface area contributed by atoms with Crippen LogP contribution in [0.2, 0.25) is 0 Å². The molecule has 4 saturated carbocycles. The average Bonchev–Trinajstić information content (AvgIpc) is 2.96. The highest BCUT2D eigenvalue weighted by molar-refractivity contribution is 5.95. The highest BCUT2D eigenvalue weighted by Crippen LogP contribution is 2.75. The van der Waals surface area contributed by atoms with Crippen molar-refractivity contribution in [3.8, 4) is 0 Å². The number of aliphatic hydroxyl groups excluding tert-OH is 1. The predicted octanol–water partition coefficient (Wildman–Crippen LogP) is 7.39. The molecule has 0 bridgehead atoms. The van der Waals surface area contributed by atoms with Gasteiger partial charge in [-0.1, -0.05) is 91.3 Å². The van der Waals surface area contributed by atoms with Crippen LogP contribution in [0.1, 0.15) is 112 Å². The summed E-state index contributed by atoms with van der Waals surface area (Å²) in [6.45, 7) is 18.2. The van der Waals surface area contributed by atoms with E-state index in [1.165, 1.54) is 5.57 Å². The first-order valence-corrected chi connectivity index (χ1v) is 17.8. The first kappa shape index (κ1) is 33.4. The minimum absolute atomic E-state index is 0.0632. The van der Waals surface area contributed by atoms with Crippen LogP contribution in [0, 0.1) is 56.2 Å². The second-order valence-corrected chi connectivity index (χ2v) is 18.3. The SMILES string of the molecule is C[C@@H]1C[C@]2(C)CC[C@](C)(C(=O)N[C@H](Cc3ccccc3)C(=O)O)C[C@@]2(C)C2=CC(=O)[C@@H]3[C@]4(C)CC[C@H](O)C(C)(C)[C@@H]4CC[C@@]3(C)C21. The number of aliphatic carboxylic acids is 1. The molecular formula is C40H57NO5. The summed E-state index contributed by atoms with van der Waals surface area (Å²) in [5.41, 5.74) is 0.360. The Balaban J connectivity index is 1.35. The number of benzene rings is 1. The molecule has 6 nitrogen and oxygen atoms in total. The lowest BCUT2D eigenvalue weighted by Crippen LogP contribution is -2.66. The fourth-order valence-corrected chi connectivity index (χ4v) is 12.7. The van der Waals surface area contributed by atoms with Gasteiger partial charge in [-0.3, -0.25) is 9.59 Å². The maximum Gasteiger partial charge on any atom is 0.326 e.